The third-order valence-electron chi connectivity index (χ3n) is 3.35. The fourth-order valence-corrected chi connectivity index (χ4v) is 2.21. The molecule has 0 fully saturated rings. The van der Waals surface area contributed by atoms with Gasteiger partial charge in [-0.15, -0.1) is 0 Å². The molecule has 1 unspecified atom stereocenters. The van der Waals surface area contributed by atoms with E-state index in [1.807, 2.05) is 49.4 Å². The summed E-state index contributed by atoms with van der Waals surface area (Å²) in [5.41, 5.74) is 1.61. The van der Waals surface area contributed by atoms with Crippen molar-refractivity contribution >= 4 is 6.08 Å². The highest BCUT2D eigenvalue weighted by atomic mass is 19.1. The summed E-state index contributed by atoms with van der Waals surface area (Å²) >= 11 is 0. The van der Waals surface area contributed by atoms with Crippen LogP contribution in [0.2, 0.25) is 0 Å². The van der Waals surface area contributed by atoms with Gasteiger partial charge in [0, 0.05) is 23.6 Å². The maximum absolute atomic E-state index is 14.3. The molecule has 110 valence electrons. The fraction of sp³-hybridized carbons (Fsp3) is 0.222. The Bertz CT molecular complexity index is 621. The zero-order valence-corrected chi connectivity index (χ0v) is 12.5. The molecule has 21 heavy (non-hydrogen) atoms. The van der Waals surface area contributed by atoms with E-state index in [0.717, 1.165) is 5.56 Å². The SMILES string of the molecule is COc1cc(F)c(C(C)/C=C/c2ccccc2)c(OC)c1. The van der Waals surface area contributed by atoms with Crippen molar-refractivity contribution in [1.82, 2.24) is 0 Å². The summed E-state index contributed by atoms with van der Waals surface area (Å²) in [6.45, 7) is 1.94. The van der Waals surface area contributed by atoms with Gasteiger partial charge in [-0.3, -0.25) is 0 Å². The highest BCUT2D eigenvalue weighted by Crippen LogP contribution is 2.34. The number of benzene rings is 2. The standard InChI is InChI=1S/C18H19FO2/c1-13(9-10-14-7-5-4-6-8-14)18-16(19)11-15(20-2)12-17(18)21-3/h4-13H,1-3H3/b10-9+. The van der Waals surface area contributed by atoms with Crippen molar-refractivity contribution in [1.29, 1.82) is 0 Å². The van der Waals surface area contributed by atoms with Gasteiger partial charge in [0.05, 0.1) is 14.2 Å². The Balaban J connectivity index is 2.30. The van der Waals surface area contributed by atoms with Crippen LogP contribution >= 0.6 is 0 Å². The van der Waals surface area contributed by atoms with Crippen molar-refractivity contribution in [2.75, 3.05) is 14.2 Å². The van der Waals surface area contributed by atoms with Gasteiger partial charge in [-0.05, 0) is 5.56 Å². The average Bonchev–Trinajstić information content (AvgIpc) is 2.52. The van der Waals surface area contributed by atoms with Crippen LogP contribution < -0.4 is 9.47 Å². The molecule has 0 aliphatic carbocycles. The molecule has 0 bridgehead atoms. The number of hydrogen-bond acceptors (Lipinski definition) is 2. The van der Waals surface area contributed by atoms with E-state index in [9.17, 15) is 4.39 Å². The summed E-state index contributed by atoms with van der Waals surface area (Å²) in [5, 5.41) is 0. The molecule has 0 heterocycles. The molecule has 2 aromatic carbocycles. The van der Waals surface area contributed by atoms with Gasteiger partial charge in [-0.25, -0.2) is 4.39 Å². The summed E-state index contributed by atoms with van der Waals surface area (Å²) in [4.78, 5) is 0. The van der Waals surface area contributed by atoms with E-state index in [4.69, 9.17) is 9.47 Å². The van der Waals surface area contributed by atoms with Gasteiger partial charge in [-0.1, -0.05) is 49.4 Å². The lowest BCUT2D eigenvalue weighted by Crippen LogP contribution is -2.00. The molecule has 0 radical (unpaired) electrons. The van der Waals surface area contributed by atoms with Crippen LogP contribution in [-0.2, 0) is 0 Å². The van der Waals surface area contributed by atoms with Gasteiger partial charge in [-0.2, -0.15) is 0 Å². The summed E-state index contributed by atoms with van der Waals surface area (Å²) in [7, 11) is 3.04. The zero-order valence-electron chi connectivity index (χ0n) is 12.5. The first-order chi connectivity index (χ1) is 10.2. The predicted molar refractivity (Wildman–Crippen MR) is 83.4 cm³/mol. The number of hydrogen-bond donors (Lipinski definition) is 0. The average molecular weight is 286 g/mol. The molecule has 2 nitrogen and oxygen atoms in total. The van der Waals surface area contributed by atoms with E-state index in [1.54, 1.807) is 6.07 Å². The summed E-state index contributed by atoms with van der Waals surface area (Å²) < 4.78 is 24.6. The number of allylic oxidation sites excluding steroid dienone is 1. The van der Waals surface area contributed by atoms with Crippen LogP contribution in [-0.4, -0.2) is 14.2 Å². The highest BCUT2D eigenvalue weighted by Gasteiger charge is 2.16. The van der Waals surface area contributed by atoms with Crippen molar-refractivity contribution in [2.45, 2.75) is 12.8 Å². The van der Waals surface area contributed by atoms with E-state index in [0.29, 0.717) is 17.1 Å². The third kappa shape index (κ3) is 3.63. The molecule has 0 aromatic heterocycles. The van der Waals surface area contributed by atoms with E-state index in [2.05, 4.69) is 0 Å². The Morgan fingerprint density at radius 2 is 1.76 bits per heavy atom. The monoisotopic (exact) mass is 286 g/mol. The number of rotatable bonds is 5. The molecule has 0 saturated heterocycles. The highest BCUT2D eigenvalue weighted by molar-refractivity contribution is 5.52. The zero-order chi connectivity index (χ0) is 15.2. The second-order valence-electron chi connectivity index (χ2n) is 4.78. The molecule has 2 aromatic rings. The molecular weight excluding hydrogens is 267 g/mol. The van der Waals surface area contributed by atoms with Crippen LogP contribution in [0.15, 0.2) is 48.5 Å². The number of methoxy groups -OCH3 is 2. The smallest absolute Gasteiger partial charge is 0.134 e. The van der Waals surface area contributed by atoms with Crippen LogP contribution in [0, 0.1) is 5.82 Å². The Hall–Kier alpha value is -2.29. The van der Waals surface area contributed by atoms with Crippen molar-refractivity contribution in [3.05, 3.63) is 65.5 Å². The first-order valence-corrected chi connectivity index (χ1v) is 6.80. The largest absolute Gasteiger partial charge is 0.497 e. The minimum Gasteiger partial charge on any atom is -0.497 e. The van der Waals surface area contributed by atoms with E-state index >= 15 is 0 Å². The molecule has 0 aliphatic heterocycles. The van der Waals surface area contributed by atoms with Crippen LogP contribution in [0.5, 0.6) is 11.5 Å². The molecule has 0 N–H and O–H groups in total. The van der Waals surface area contributed by atoms with Gasteiger partial charge in [0.2, 0.25) is 0 Å². The van der Waals surface area contributed by atoms with Crippen LogP contribution in [0.4, 0.5) is 4.39 Å². The molecule has 2 rings (SSSR count). The molecule has 0 saturated carbocycles. The van der Waals surface area contributed by atoms with Gasteiger partial charge in [0.25, 0.3) is 0 Å². The molecular formula is C18H19FO2. The maximum Gasteiger partial charge on any atom is 0.134 e. The maximum atomic E-state index is 14.3. The van der Waals surface area contributed by atoms with Crippen LogP contribution in [0.1, 0.15) is 24.0 Å². The normalized spacial score (nSPS) is 12.4. The van der Waals surface area contributed by atoms with E-state index in [1.165, 1.54) is 20.3 Å². The second-order valence-corrected chi connectivity index (χ2v) is 4.78. The van der Waals surface area contributed by atoms with E-state index < -0.39 is 0 Å². The predicted octanol–water partition coefficient (Wildman–Crippen LogP) is 4.66. The van der Waals surface area contributed by atoms with Crippen LogP contribution in [0.3, 0.4) is 0 Å². The van der Waals surface area contributed by atoms with Gasteiger partial charge in [0.15, 0.2) is 0 Å². The summed E-state index contributed by atoms with van der Waals surface area (Å²) in [6, 6.07) is 13.0. The lowest BCUT2D eigenvalue weighted by molar-refractivity contribution is 0.383. The first-order valence-electron chi connectivity index (χ1n) is 6.80. The van der Waals surface area contributed by atoms with Gasteiger partial charge >= 0.3 is 0 Å². The Morgan fingerprint density at radius 1 is 1.05 bits per heavy atom. The Kier molecular flexibility index (Phi) is 4.99. The van der Waals surface area contributed by atoms with Crippen molar-refractivity contribution in [3.8, 4) is 11.5 Å². The van der Waals surface area contributed by atoms with Gasteiger partial charge in [0.1, 0.15) is 17.3 Å². The van der Waals surface area contributed by atoms with E-state index in [-0.39, 0.29) is 11.7 Å². The van der Waals surface area contributed by atoms with Crippen molar-refractivity contribution in [3.63, 3.8) is 0 Å². The fourth-order valence-electron chi connectivity index (χ4n) is 2.21. The summed E-state index contributed by atoms with van der Waals surface area (Å²) in [6.07, 6.45) is 3.94. The Morgan fingerprint density at radius 3 is 2.38 bits per heavy atom. The van der Waals surface area contributed by atoms with Crippen molar-refractivity contribution in [2.24, 2.45) is 0 Å². The quantitative estimate of drug-likeness (QED) is 0.796. The second kappa shape index (κ2) is 6.93. The number of halogens is 1. The lowest BCUT2D eigenvalue weighted by Gasteiger charge is -2.15. The summed E-state index contributed by atoms with van der Waals surface area (Å²) in [5.74, 6) is 0.520. The first kappa shape index (κ1) is 15.1. The Labute approximate surface area is 124 Å². The van der Waals surface area contributed by atoms with Crippen molar-refractivity contribution < 1.29 is 13.9 Å². The minimum atomic E-state index is -0.323. The van der Waals surface area contributed by atoms with Crippen LogP contribution in [0.25, 0.3) is 6.08 Å². The molecule has 0 spiro atoms. The molecule has 3 heteroatoms. The number of ether oxygens (including phenoxy) is 2. The molecule has 0 aliphatic rings. The lowest BCUT2D eigenvalue weighted by atomic mass is 9.97. The van der Waals surface area contributed by atoms with Gasteiger partial charge < -0.3 is 9.47 Å². The molecule has 0 amide bonds. The minimum absolute atomic E-state index is 0.105. The topological polar surface area (TPSA) is 18.5 Å². The molecule has 1 atom stereocenters. The third-order valence-corrected chi connectivity index (χ3v) is 3.35.